The highest BCUT2D eigenvalue weighted by molar-refractivity contribution is 6.17. The van der Waals surface area contributed by atoms with Crippen molar-refractivity contribution in [1.29, 1.82) is 0 Å². The lowest BCUT2D eigenvalue weighted by Crippen LogP contribution is -2.04. The van der Waals surface area contributed by atoms with Gasteiger partial charge in [-0.1, -0.05) is 152 Å². The maximum Gasteiger partial charge on any atom is 0.166 e. The molecule has 4 aromatic heterocycles. The van der Waals surface area contributed by atoms with Crippen LogP contribution in [0.4, 0.5) is 0 Å². The van der Waals surface area contributed by atoms with E-state index in [4.69, 9.17) is 19.4 Å². The van der Waals surface area contributed by atoms with Gasteiger partial charge < -0.3 is 13.6 Å². The van der Waals surface area contributed by atoms with Crippen molar-refractivity contribution in [3.63, 3.8) is 0 Å². The predicted molar refractivity (Wildman–Crippen MR) is 275 cm³/mol. The van der Waals surface area contributed by atoms with E-state index in [1.807, 2.05) is 18.2 Å². The number of benzene rings is 10. The van der Waals surface area contributed by atoms with E-state index in [2.05, 4.69) is 215 Å². The van der Waals surface area contributed by atoms with E-state index >= 15 is 0 Å². The van der Waals surface area contributed by atoms with Gasteiger partial charge >= 0.3 is 0 Å². The molecule has 0 aliphatic rings. The van der Waals surface area contributed by atoms with E-state index in [1.165, 1.54) is 5.39 Å². The van der Waals surface area contributed by atoms with Gasteiger partial charge in [0.1, 0.15) is 11.3 Å². The molecule has 4 heterocycles. The second kappa shape index (κ2) is 14.7. The second-order valence-corrected chi connectivity index (χ2v) is 17.2. The number of hydrogen-bond donors (Lipinski definition) is 0. The molecule has 14 aromatic rings. The van der Waals surface area contributed by atoms with E-state index < -0.39 is 0 Å². The molecule has 14 rings (SSSR count). The molecule has 6 nitrogen and oxygen atoms in total. The second-order valence-electron chi connectivity index (χ2n) is 17.2. The Morgan fingerprint density at radius 1 is 0.313 bits per heavy atom. The van der Waals surface area contributed by atoms with Crippen LogP contribution in [0, 0.1) is 0 Å². The standard InChI is InChI=1S/C61H37N5O/c1-3-15-38(16-4-1)39-27-29-40(30-28-39)59-62-60(43-31-34-54-50(36-43)45-21-9-12-24-52(45)65(54)44-19-5-2-6-20-44)64-61(63-59)49-33-32-48-47-23-11-14-26-56(47)67-58(48)57(49)66-53-25-13-10-22-46(53)51-35-41-17-7-8-18-42(41)37-55(51)66/h1-37H. The summed E-state index contributed by atoms with van der Waals surface area (Å²) in [5.74, 6) is 1.70. The molecule has 0 radical (unpaired) electrons. The van der Waals surface area contributed by atoms with Crippen LogP contribution in [-0.4, -0.2) is 24.1 Å². The summed E-state index contributed by atoms with van der Waals surface area (Å²) in [5.41, 5.74) is 12.8. The molecule has 0 atom stereocenters. The fraction of sp³-hybridized carbons (Fsp3) is 0. The molecule has 0 amide bonds. The van der Waals surface area contributed by atoms with Crippen LogP contribution >= 0.6 is 0 Å². The number of furan rings is 1. The first-order chi connectivity index (χ1) is 33.2. The molecule has 312 valence electrons. The number of aromatic nitrogens is 5. The Bertz CT molecular complexity index is 4260. The Hall–Kier alpha value is -9.13. The average Bonchev–Trinajstić information content (AvgIpc) is 4.05. The Balaban J connectivity index is 1.06. The van der Waals surface area contributed by atoms with Crippen molar-refractivity contribution >= 4 is 76.3 Å². The Labute approximate surface area is 384 Å². The topological polar surface area (TPSA) is 61.7 Å². The minimum Gasteiger partial charge on any atom is -0.454 e. The molecule has 0 saturated heterocycles. The third kappa shape index (κ3) is 5.86. The zero-order valence-corrected chi connectivity index (χ0v) is 36.0. The quantitative estimate of drug-likeness (QED) is 0.167. The highest BCUT2D eigenvalue weighted by Gasteiger charge is 2.25. The molecule has 0 fully saturated rings. The monoisotopic (exact) mass is 855 g/mol. The lowest BCUT2D eigenvalue weighted by atomic mass is 10.0. The summed E-state index contributed by atoms with van der Waals surface area (Å²) < 4.78 is 11.7. The summed E-state index contributed by atoms with van der Waals surface area (Å²) in [6.45, 7) is 0. The van der Waals surface area contributed by atoms with Gasteiger partial charge in [0.25, 0.3) is 0 Å². The SMILES string of the molecule is c1ccc(-c2ccc(-c3nc(-c4ccc5c(c4)c4ccccc4n5-c4ccccc4)nc(-c4ccc5c(oc6ccccc65)c4-n4c5ccccc5c5cc6ccccc6cc54)n3)cc2)cc1. The van der Waals surface area contributed by atoms with Crippen LogP contribution in [-0.2, 0) is 0 Å². The fourth-order valence-corrected chi connectivity index (χ4v) is 10.2. The molecule has 0 aliphatic heterocycles. The Morgan fingerprint density at radius 3 is 1.61 bits per heavy atom. The molecule has 67 heavy (non-hydrogen) atoms. The number of fused-ring (bicyclic) bond motifs is 10. The molecule has 0 unspecified atom stereocenters. The van der Waals surface area contributed by atoms with E-state index in [0.29, 0.717) is 17.5 Å². The zero-order chi connectivity index (χ0) is 44.0. The van der Waals surface area contributed by atoms with Gasteiger partial charge in [0, 0.05) is 54.7 Å². The maximum atomic E-state index is 6.97. The molecular weight excluding hydrogens is 819 g/mol. The summed E-state index contributed by atoms with van der Waals surface area (Å²) in [6, 6.07) is 79.1. The van der Waals surface area contributed by atoms with Crippen LogP contribution in [0.1, 0.15) is 0 Å². The first kappa shape index (κ1) is 37.3. The van der Waals surface area contributed by atoms with Gasteiger partial charge in [0.05, 0.1) is 22.1 Å². The number of nitrogens with zero attached hydrogens (tertiary/aromatic N) is 5. The van der Waals surface area contributed by atoms with Crippen LogP contribution in [0.15, 0.2) is 229 Å². The van der Waals surface area contributed by atoms with Gasteiger partial charge in [-0.2, -0.15) is 0 Å². The highest BCUT2D eigenvalue weighted by atomic mass is 16.3. The van der Waals surface area contributed by atoms with E-state index in [1.54, 1.807) is 0 Å². The van der Waals surface area contributed by atoms with E-state index in [0.717, 1.165) is 110 Å². The highest BCUT2D eigenvalue weighted by Crippen LogP contribution is 2.44. The Morgan fingerprint density at radius 2 is 0.851 bits per heavy atom. The maximum absolute atomic E-state index is 6.97. The van der Waals surface area contributed by atoms with E-state index in [9.17, 15) is 0 Å². The Kier molecular flexibility index (Phi) is 8.18. The average molecular weight is 856 g/mol. The molecule has 0 aliphatic carbocycles. The summed E-state index contributed by atoms with van der Waals surface area (Å²) in [6.07, 6.45) is 0. The van der Waals surface area contributed by atoms with E-state index in [-0.39, 0.29) is 0 Å². The molecule has 0 spiro atoms. The molecule has 0 N–H and O–H groups in total. The van der Waals surface area contributed by atoms with Crippen molar-refractivity contribution in [2.24, 2.45) is 0 Å². The fourth-order valence-electron chi connectivity index (χ4n) is 10.2. The summed E-state index contributed by atoms with van der Waals surface area (Å²) in [5, 5.41) is 9.01. The van der Waals surface area contributed by atoms with Crippen LogP contribution in [0.25, 0.3) is 133 Å². The number of para-hydroxylation sites is 4. The van der Waals surface area contributed by atoms with Crippen molar-refractivity contribution < 1.29 is 4.42 Å². The zero-order valence-electron chi connectivity index (χ0n) is 36.0. The molecule has 10 aromatic carbocycles. The largest absolute Gasteiger partial charge is 0.454 e. The smallest absolute Gasteiger partial charge is 0.166 e. The lowest BCUT2D eigenvalue weighted by molar-refractivity contribution is 0.666. The van der Waals surface area contributed by atoms with Crippen LogP contribution < -0.4 is 0 Å². The third-order valence-electron chi connectivity index (χ3n) is 13.4. The first-order valence-electron chi connectivity index (χ1n) is 22.6. The van der Waals surface area contributed by atoms with Crippen molar-refractivity contribution in [3.8, 4) is 56.7 Å². The third-order valence-corrected chi connectivity index (χ3v) is 13.4. The van der Waals surface area contributed by atoms with Crippen molar-refractivity contribution in [2.45, 2.75) is 0 Å². The van der Waals surface area contributed by atoms with Gasteiger partial charge in [-0.25, -0.2) is 15.0 Å². The summed E-state index contributed by atoms with van der Waals surface area (Å²) in [4.78, 5) is 16.2. The minimum atomic E-state index is 0.544. The summed E-state index contributed by atoms with van der Waals surface area (Å²) in [7, 11) is 0. The molecular formula is C61H37N5O. The van der Waals surface area contributed by atoms with Crippen molar-refractivity contribution in [2.75, 3.05) is 0 Å². The van der Waals surface area contributed by atoms with Gasteiger partial charge in [0.2, 0.25) is 0 Å². The predicted octanol–water partition coefficient (Wildman–Crippen LogP) is 15.8. The van der Waals surface area contributed by atoms with Crippen LogP contribution in [0.5, 0.6) is 0 Å². The molecule has 6 heteroatoms. The number of hydrogen-bond acceptors (Lipinski definition) is 4. The first-order valence-corrected chi connectivity index (χ1v) is 22.6. The summed E-state index contributed by atoms with van der Waals surface area (Å²) >= 11 is 0. The van der Waals surface area contributed by atoms with Gasteiger partial charge in [0.15, 0.2) is 23.1 Å². The van der Waals surface area contributed by atoms with Gasteiger partial charge in [-0.15, -0.1) is 0 Å². The molecule has 0 saturated carbocycles. The lowest BCUT2D eigenvalue weighted by Gasteiger charge is -2.15. The van der Waals surface area contributed by atoms with Crippen LogP contribution in [0.2, 0.25) is 0 Å². The van der Waals surface area contributed by atoms with Crippen molar-refractivity contribution in [1.82, 2.24) is 24.1 Å². The normalized spacial score (nSPS) is 11.9. The van der Waals surface area contributed by atoms with Crippen LogP contribution in [0.3, 0.4) is 0 Å². The minimum absolute atomic E-state index is 0.544. The van der Waals surface area contributed by atoms with Gasteiger partial charge in [-0.3, -0.25) is 0 Å². The molecule has 0 bridgehead atoms. The van der Waals surface area contributed by atoms with Gasteiger partial charge in [-0.05, 0) is 94.7 Å². The number of rotatable bonds is 6. The van der Waals surface area contributed by atoms with Crippen molar-refractivity contribution in [3.05, 3.63) is 224 Å².